The number of nitrogens with two attached hydrogens (primary N) is 1. The molecule has 3 aromatic rings. The van der Waals surface area contributed by atoms with E-state index < -0.39 is 5.91 Å². The minimum Gasteiger partial charge on any atom is -0.489 e. The summed E-state index contributed by atoms with van der Waals surface area (Å²) in [5.41, 5.74) is 4.57. The van der Waals surface area contributed by atoms with Gasteiger partial charge in [-0.3, -0.25) is 14.8 Å². The van der Waals surface area contributed by atoms with Crippen LogP contribution in [0.4, 0.5) is 5.69 Å². The number of pyridine rings is 2. The van der Waals surface area contributed by atoms with Gasteiger partial charge in [0, 0.05) is 25.0 Å². The molecule has 32 heavy (non-hydrogen) atoms. The van der Waals surface area contributed by atoms with Crippen molar-refractivity contribution in [2.75, 3.05) is 18.5 Å². The van der Waals surface area contributed by atoms with Gasteiger partial charge in [0.2, 0.25) is 0 Å². The number of amides is 1. The molecule has 4 N–H and O–H groups in total. The fraction of sp³-hybridized carbons (Fsp3) is 0.318. The monoisotopic (exact) mass is 432 g/mol. The van der Waals surface area contributed by atoms with Gasteiger partial charge in [-0.15, -0.1) is 0 Å². The van der Waals surface area contributed by atoms with E-state index in [0.717, 1.165) is 29.3 Å². The number of ether oxygens (including phenoxy) is 1. The van der Waals surface area contributed by atoms with Gasteiger partial charge in [-0.05, 0) is 30.4 Å². The number of carbonyl (C=O) groups excluding carboxylic acids is 1. The Kier molecular flexibility index (Phi) is 5.40. The lowest BCUT2D eigenvalue weighted by Crippen LogP contribution is -2.32. The second-order valence-electron chi connectivity index (χ2n) is 7.85. The minimum absolute atomic E-state index is 0.0284. The molecule has 1 aliphatic carbocycles. The molecule has 1 amide bonds. The fourth-order valence-corrected chi connectivity index (χ4v) is 3.61. The molecule has 0 spiro atoms. The molecule has 164 valence electrons. The molecule has 0 aromatic carbocycles. The highest BCUT2D eigenvalue weighted by atomic mass is 16.5. The average Bonchev–Trinajstić information content (AvgIpc) is 3.59. The predicted octanol–water partition coefficient (Wildman–Crippen LogP) is 1.61. The Balaban J connectivity index is 1.17. The summed E-state index contributed by atoms with van der Waals surface area (Å²) < 4.78 is 7.61. The largest absolute Gasteiger partial charge is 0.489 e. The number of nitrogens with zero attached hydrogens (tertiary/aromatic N) is 5. The molecule has 0 bridgehead atoms. The number of imidazole rings is 1. The number of anilines is 1. The topological polar surface area (TPSA) is 131 Å². The predicted molar refractivity (Wildman–Crippen MR) is 121 cm³/mol. The molecular formula is C22H24N8O2. The maximum absolute atomic E-state index is 12.4. The first kappa shape index (κ1) is 20.0. The van der Waals surface area contributed by atoms with E-state index in [1.54, 1.807) is 12.3 Å². The van der Waals surface area contributed by atoms with Crippen LogP contribution in [-0.4, -0.2) is 45.4 Å². The maximum atomic E-state index is 12.4. The van der Waals surface area contributed by atoms with Gasteiger partial charge >= 0.3 is 0 Å². The van der Waals surface area contributed by atoms with E-state index in [1.807, 2.05) is 16.7 Å². The third kappa shape index (κ3) is 4.39. The Bertz CT molecular complexity index is 1210. The van der Waals surface area contributed by atoms with Crippen LogP contribution in [0.5, 0.6) is 5.75 Å². The molecule has 4 heterocycles. The number of hydrogen-bond donors (Lipinski definition) is 3. The van der Waals surface area contributed by atoms with Crippen molar-refractivity contribution in [1.29, 1.82) is 0 Å². The summed E-state index contributed by atoms with van der Waals surface area (Å²) in [6, 6.07) is 5.96. The Hall–Kier alpha value is -3.95. The van der Waals surface area contributed by atoms with Crippen LogP contribution in [0.25, 0.3) is 5.65 Å². The number of nitrogens with one attached hydrogen (secondary N) is 2. The van der Waals surface area contributed by atoms with E-state index in [-0.39, 0.29) is 12.3 Å². The van der Waals surface area contributed by atoms with Gasteiger partial charge in [0.1, 0.15) is 18.0 Å². The van der Waals surface area contributed by atoms with Crippen LogP contribution in [-0.2, 0) is 17.9 Å². The maximum Gasteiger partial charge on any atom is 0.273 e. The molecule has 1 saturated carbocycles. The van der Waals surface area contributed by atoms with Crippen molar-refractivity contribution in [2.24, 2.45) is 15.9 Å². The summed E-state index contributed by atoms with van der Waals surface area (Å²) in [5, 5.41) is 9.51. The van der Waals surface area contributed by atoms with E-state index in [4.69, 9.17) is 10.6 Å². The summed E-state index contributed by atoms with van der Waals surface area (Å²) in [4.78, 5) is 25.6. The molecule has 3 aromatic heterocycles. The number of aliphatic imine (C=N–C) groups is 1. The zero-order valence-electron chi connectivity index (χ0n) is 17.5. The normalized spacial score (nSPS) is 15.9. The number of rotatable bonds is 7. The van der Waals surface area contributed by atoms with Crippen LogP contribution in [0, 0.1) is 0 Å². The van der Waals surface area contributed by atoms with Crippen molar-refractivity contribution < 1.29 is 9.53 Å². The zero-order chi connectivity index (χ0) is 21.9. The first-order valence-corrected chi connectivity index (χ1v) is 10.6. The second kappa shape index (κ2) is 8.66. The van der Waals surface area contributed by atoms with Crippen LogP contribution >= 0.6 is 0 Å². The smallest absolute Gasteiger partial charge is 0.273 e. The molecule has 0 atom stereocenters. The van der Waals surface area contributed by atoms with Gasteiger partial charge in [0.15, 0.2) is 5.71 Å². The van der Waals surface area contributed by atoms with Crippen LogP contribution in [0.15, 0.2) is 46.9 Å². The molecular weight excluding hydrogens is 408 g/mol. The summed E-state index contributed by atoms with van der Waals surface area (Å²) in [6.45, 7) is 1.88. The summed E-state index contributed by atoms with van der Waals surface area (Å²) in [7, 11) is 0. The second-order valence-corrected chi connectivity index (χ2v) is 7.85. The molecule has 10 nitrogen and oxygen atoms in total. The number of fused-ring (bicyclic) bond motifs is 2. The van der Waals surface area contributed by atoms with Crippen LogP contribution in [0.3, 0.4) is 0 Å². The van der Waals surface area contributed by atoms with E-state index in [2.05, 4.69) is 43.0 Å². The van der Waals surface area contributed by atoms with Gasteiger partial charge in [0.25, 0.3) is 5.91 Å². The van der Waals surface area contributed by atoms with Crippen LogP contribution in [0.2, 0.25) is 0 Å². The van der Waals surface area contributed by atoms with Crippen molar-refractivity contribution in [3.63, 3.8) is 0 Å². The van der Waals surface area contributed by atoms with Crippen LogP contribution < -0.4 is 21.2 Å². The Labute approximate surface area is 184 Å². The zero-order valence-corrected chi connectivity index (χ0v) is 17.5. The van der Waals surface area contributed by atoms with Crippen molar-refractivity contribution in [3.8, 4) is 5.75 Å². The van der Waals surface area contributed by atoms with Crippen LogP contribution in [0.1, 0.15) is 35.7 Å². The summed E-state index contributed by atoms with van der Waals surface area (Å²) >= 11 is 0. The molecule has 1 aliphatic heterocycles. The molecule has 2 aliphatic rings. The van der Waals surface area contributed by atoms with E-state index in [9.17, 15) is 4.79 Å². The highest BCUT2D eigenvalue weighted by molar-refractivity contribution is 6.60. The standard InChI is InChI=1S/C22H24N8O2/c23-29-19(22(31)27-9-16-7-20-18(11-26-16)25-5-6-32-20)10-24-8-17-13-30-12-15(14-1-2-14)3-4-21(30)28-17/h3-4,7,10-14,25H,1-2,5-6,8-9,23H2,(H,27,31). The van der Waals surface area contributed by atoms with Crippen molar-refractivity contribution in [3.05, 3.63) is 53.7 Å². The molecule has 0 saturated heterocycles. The third-order valence-corrected chi connectivity index (χ3v) is 5.44. The Morgan fingerprint density at radius 3 is 3.09 bits per heavy atom. The lowest BCUT2D eigenvalue weighted by molar-refractivity contribution is -0.114. The summed E-state index contributed by atoms with van der Waals surface area (Å²) in [6.07, 6.45) is 9.66. The van der Waals surface area contributed by atoms with Gasteiger partial charge in [-0.1, -0.05) is 6.07 Å². The number of aromatic nitrogens is 3. The minimum atomic E-state index is -0.432. The number of carbonyl (C=O) groups is 1. The fourth-order valence-electron chi connectivity index (χ4n) is 3.61. The first-order chi connectivity index (χ1) is 15.7. The number of hydrazone groups is 1. The van der Waals surface area contributed by atoms with E-state index >= 15 is 0 Å². The highest BCUT2D eigenvalue weighted by Gasteiger charge is 2.23. The highest BCUT2D eigenvalue weighted by Crippen LogP contribution is 2.39. The van der Waals surface area contributed by atoms with Gasteiger partial charge in [-0.25, -0.2) is 4.98 Å². The van der Waals surface area contributed by atoms with Crippen molar-refractivity contribution in [1.82, 2.24) is 19.7 Å². The molecule has 10 heteroatoms. The van der Waals surface area contributed by atoms with E-state index in [1.165, 1.54) is 24.6 Å². The molecule has 0 unspecified atom stereocenters. The lowest BCUT2D eigenvalue weighted by Gasteiger charge is -2.19. The summed E-state index contributed by atoms with van der Waals surface area (Å²) in [5.74, 6) is 6.38. The molecule has 0 radical (unpaired) electrons. The van der Waals surface area contributed by atoms with E-state index in [0.29, 0.717) is 24.8 Å². The third-order valence-electron chi connectivity index (χ3n) is 5.44. The molecule has 1 fully saturated rings. The Morgan fingerprint density at radius 2 is 2.25 bits per heavy atom. The lowest BCUT2D eigenvalue weighted by atomic mass is 10.2. The quantitative estimate of drug-likeness (QED) is 0.295. The molecule has 5 rings (SSSR count). The van der Waals surface area contributed by atoms with Gasteiger partial charge in [-0.2, -0.15) is 5.10 Å². The Morgan fingerprint density at radius 1 is 1.34 bits per heavy atom. The first-order valence-electron chi connectivity index (χ1n) is 10.6. The van der Waals surface area contributed by atoms with Gasteiger partial charge < -0.3 is 25.6 Å². The average molecular weight is 432 g/mol. The van der Waals surface area contributed by atoms with Gasteiger partial charge in [0.05, 0.1) is 42.6 Å². The number of hydrogen-bond acceptors (Lipinski definition) is 8. The SMILES string of the molecule is NN=C(C=NCc1cn2cc(C3CC3)ccc2n1)C(=O)NCc1cc2c(cn1)NCCO2. The van der Waals surface area contributed by atoms with Crippen molar-refractivity contribution >= 4 is 29.2 Å². The van der Waals surface area contributed by atoms with Crippen molar-refractivity contribution in [2.45, 2.75) is 31.8 Å².